The molecule has 0 saturated heterocycles. The van der Waals surface area contributed by atoms with Gasteiger partial charge in [0.25, 0.3) is 0 Å². The highest BCUT2D eigenvalue weighted by Crippen LogP contribution is 2.09. The van der Waals surface area contributed by atoms with Gasteiger partial charge < -0.3 is 10.4 Å². The summed E-state index contributed by atoms with van der Waals surface area (Å²) in [6, 6.07) is 0.00332. The maximum absolute atomic E-state index is 9.01. The van der Waals surface area contributed by atoms with Crippen LogP contribution in [0.1, 0.15) is 6.92 Å². The summed E-state index contributed by atoms with van der Waals surface area (Å²) in [5, 5.41) is 41.9. The van der Waals surface area contributed by atoms with E-state index >= 15 is 0 Å². The molecular formula is C11H20N8O4. The molecule has 0 radical (unpaired) electrons. The second-order valence-electron chi connectivity index (χ2n) is 5.30. The molecule has 12 heteroatoms. The molecule has 0 unspecified atom stereocenters. The van der Waals surface area contributed by atoms with Crippen molar-refractivity contribution in [3.05, 3.63) is 0 Å². The highest BCUT2D eigenvalue weighted by atomic mass is 16.5. The Morgan fingerprint density at radius 3 is 2.13 bits per heavy atom. The zero-order valence-electron chi connectivity index (χ0n) is 12.6. The third-order valence-electron chi connectivity index (χ3n) is 3.60. The number of hydrogen-bond donors (Lipinski definition) is 6. The van der Waals surface area contributed by atoms with Crippen LogP contribution in [-0.2, 0) is 0 Å². The molecule has 0 spiro atoms. The number of aliphatic imine (C=N–C) groups is 2. The average molecular weight is 328 g/mol. The number of hydrogen-bond acceptors (Lipinski definition) is 10. The lowest BCUT2D eigenvalue weighted by molar-refractivity contribution is 0.176. The Balaban J connectivity index is 2.01. The highest BCUT2D eigenvalue weighted by Gasteiger charge is 2.27. The van der Waals surface area contributed by atoms with Crippen molar-refractivity contribution < 1.29 is 20.8 Å². The SMILES string of the molecule is C[C@@H](CN1CC(NO)=N/C(=N/O)C1)N1CC(NO)=N/C(=N/O)C1. The lowest BCUT2D eigenvalue weighted by Gasteiger charge is -2.35. The molecule has 0 saturated carbocycles. The van der Waals surface area contributed by atoms with E-state index in [1.54, 1.807) is 0 Å². The van der Waals surface area contributed by atoms with E-state index in [9.17, 15) is 0 Å². The van der Waals surface area contributed by atoms with Crippen molar-refractivity contribution in [2.24, 2.45) is 20.3 Å². The van der Waals surface area contributed by atoms with E-state index in [0.29, 0.717) is 32.7 Å². The first kappa shape index (κ1) is 17.1. The smallest absolute Gasteiger partial charge is 0.183 e. The van der Waals surface area contributed by atoms with Gasteiger partial charge in [0.2, 0.25) is 0 Å². The summed E-state index contributed by atoms with van der Waals surface area (Å²) in [6.45, 7) is 3.93. The predicted octanol–water partition coefficient (Wildman–Crippen LogP) is -1.66. The third kappa shape index (κ3) is 4.35. The van der Waals surface area contributed by atoms with Crippen LogP contribution >= 0.6 is 0 Å². The van der Waals surface area contributed by atoms with E-state index in [1.165, 1.54) is 0 Å². The molecule has 0 aromatic heterocycles. The van der Waals surface area contributed by atoms with Crippen LogP contribution in [-0.4, -0.2) is 92.7 Å². The average Bonchev–Trinajstić information content (AvgIpc) is 2.60. The van der Waals surface area contributed by atoms with Crippen molar-refractivity contribution in [3.63, 3.8) is 0 Å². The molecule has 1 atom stereocenters. The van der Waals surface area contributed by atoms with Crippen LogP contribution in [0.4, 0.5) is 0 Å². The molecule has 0 aromatic rings. The minimum absolute atomic E-state index is 0.00332. The van der Waals surface area contributed by atoms with Crippen LogP contribution in [0, 0.1) is 0 Å². The zero-order chi connectivity index (χ0) is 16.8. The number of rotatable bonds is 3. The second kappa shape index (κ2) is 7.82. The fourth-order valence-corrected chi connectivity index (χ4v) is 2.51. The van der Waals surface area contributed by atoms with Crippen LogP contribution in [0.2, 0.25) is 0 Å². The molecule has 23 heavy (non-hydrogen) atoms. The van der Waals surface area contributed by atoms with Crippen LogP contribution < -0.4 is 11.0 Å². The van der Waals surface area contributed by atoms with Crippen LogP contribution in [0.15, 0.2) is 20.3 Å². The van der Waals surface area contributed by atoms with Crippen molar-refractivity contribution in [1.82, 2.24) is 20.8 Å². The molecule has 2 heterocycles. The van der Waals surface area contributed by atoms with E-state index < -0.39 is 0 Å². The number of nitrogens with one attached hydrogen (secondary N) is 2. The molecule has 0 aromatic carbocycles. The van der Waals surface area contributed by atoms with E-state index in [1.807, 2.05) is 27.7 Å². The van der Waals surface area contributed by atoms with Crippen molar-refractivity contribution in [1.29, 1.82) is 0 Å². The van der Waals surface area contributed by atoms with Crippen molar-refractivity contribution in [2.45, 2.75) is 13.0 Å². The topological polar surface area (TPSA) is 161 Å². The van der Waals surface area contributed by atoms with E-state index in [4.69, 9.17) is 20.8 Å². The summed E-state index contributed by atoms with van der Waals surface area (Å²) in [7, 11) is 0. The Labute approximate surface area is 132 Å². The maximum atomic E-state index is 9.01. The van der Waals surface area contributed by atoms with Gasteiger partial charge in [-0.2, -0.15) is 0 Å². The summed E-state index contributed by atoms with van der Waals surface area (Å²) in [6.07, 6.45) is 0. The highest BCUT2D eigenvalue weighted by molar-refractivity contribution is 6.01. The molecular weight excluding hydrogens is 308 g/mol. The summed E-state index contributed by atoms with van der Waals surface area (Å²) in [4.78, 5) is 11.7. The van der Waals surface area contributed by atoms with Gasteiger partial charge in [0, 0.05) is 12.6 Å². The standard InChI is InChI=1S/C11H20N8O4/c1-7(19-5-10(16-22)13-11(6-19)17-23)2-18-3-8(14-20)12-9(4-18)15-21/h7,20-23H,2-6H2,1H3,(H,12,14,15)(H,13,16,17)/t7-/m0/s1. The molecule has 128 valence electrons. The van der Waals surface area contributed by atoms with Gasteiger partial charge in [-0.3, -0.25) is 31.2 Å². The van der Waals surface area contributed by atoms with Gasteiger partial charge in [-0.15, -0.1) is 0 Å². The lowest BCUT2D eigenvalue weighted by atomic mass is 10.2. The molecule has 12 nitrogen and oxygen atoms in total. The predicted molar refractivity (Wildman–Crippen MR) is 80.6 cm³/mol. The Morgan fingerprint density at radius 2 is 1.57 bits per heavy atom. The van der Waals surface area contributed by atoms with Crippen LogP contribution in [0.5, 0.6) is 0 Å². The molecule has 2 aliphatic rings. The molecule has 0 aliphatic carbocycles. The number of nitrogens with zero attached hydrogens (tertiary/aromatic N) is 6. The Morgan fingerprint density at radius 1 is 1.00 bits per heavy atom. The van der Waals surface area contributed by atoms with Gasteiger partial charge in [-0.1, -0.05) is 10.3 Å². The third-order valence-corrected chi connectivity index (χ3v) is 3.60. The lowest BCUT2D eigenvalue weighted by Crippen LogP contribution is -2.53. The van der Waals surface area contributed by atoms with Gasteiger partial charge in [0.05, 0.1) is 26.2 Å². The fraction of sp³-hybridized carbons (Fsp3) is 0.636. The van der Waals surface area contributed by atoms with Gasteiger partial charge in [-0.25, -0.2) is 9.98 Å². The summed E-state index contributed by atoms with van der Waals surface area (Å²) in [5.41, 5.74) is 3.95. The first-order chi connectivity index (χ1) is 11.1. The quantitative estimate of drug-likeness (QED) is 0.265. The monoisotopic (exact) mass is 328 g/mol. The minimum atomic E-state index is 0.00332. The van der Waals surface area contributed by atoms with Gasteiger partial charge in [0.15, 0.2) is 11.7 Å². The minimum Gasteiger partial charge on any atom is -0.409 e. The van der Waals surface area contributed by atoms with Gasteiger partial charge in [-0.05, 0) is 6.92 Å². The van der Waals surface area contributed by atoms with E-state index in [0.717, 1.165) is 0 Å². The Bertz CT molecular complexity index is 546. The molecule has 2 rings (SSSR count). The summed E-state index contributed by atoms with van der Waals surface area (Å²) in [5.74, 6) is 0.948. The fourth-order valence-electron chi connectivity index (χ4n) is 2.51. The number of amidine groups is 4. The van der Waals surface area contributed by atoms with Crippen LogP contribution in [0.3, 0.4) is 0 Å². The zero-order valence-corrected chi connectivity index (χ0v) is 12.6. The van der Waals surface area contributed by atoms with Crippen molar-refractivity contribution in [2.75, 3.05) is 32.7 Å². The normalized spacial score (nSPS) is 25.2. The summed E-state index contributed by atoms with van der Waals surface area (Å²) < 4.78 is 0. The molecule has 2 aliphatic heterocycles. The van der Waals surface area contributed by atoms with E-state index in [2.05, 4.69) is 20.3 Å². The Hall–Kier alpha value is -2.28. The van der Waals surface area contributed by atoms with E-state index in [-0.39, 0.29) is 29.4 Å². The Kier molecular flexibility index (Phi) is 5.81. The maximum Gasteiger partial charge on any atom is 0.183 e. The first-order valence-corrected chi connectivity index (χ1v) is 6.93. The molecule has 0 amide bonds. The van der Waals surface area contributed by atoms with Gasteiger partial charge >= 0.3 is 0 Å². The molecule has 6 N–H and O–H groups in total. The van der Waals surface area contributed by atoms with Crippen LogP contribution in [0.25, 0.3) is 0 Å². The first-order valence-electron chi connectivity index (χ1n) is 6.93. The number of hydroxylamine groups is 2. The van der Waals surface area contributed by atoms with Crippen molar-refractivity contribution in [3.8, 4) is 0 Å². The molecule has 0 bridgehead atoms. The number of oxime groups is 2. The summed E-state index contributed by atoms with van der Waals surface area (Å²) >= 11 is 0. The van der Waals surface area contributed by atoms with Gasteiger partial charge in [0.1, 0.15) is 11.7 Å². The molecule has 0 fully saturated rings. The second-order valence-corrected chi connectivity index (χ2v) is 5.30. The largest absolute Gasteiger partial charge is 0.409 e. The van der Waals surface area contributed by atoms with Crippen molar-refractivity contribution >= 4 is 23.3 Å².